The summed E-state index contributed by atoms with van der Waals surface area (Å²) in [5, 5.41) is 18.8. The quantitative estimate of drug-likeness (QED) is 0.602. The summed E-state index contributed by atoms with van der Waals surface area (Å²) in [6, 6.07) is 12.2. The summed E-state index contributed by atoms with van der Waals surface area (Å²) in [7, 11) is 1.68. The average Bonchev–Trinajstić information content (AvgIpc) is 2.83. The smallest absolute Gasteiger partial charge is 0.302 e. The van der Waals surface area contributed by atoms with Crippen LogP contribution in [0.1, 0.15) is 0 Å². The topological polar surface area (TPSA) is 76.2 Å². The summed E-state index contributed by atoms with van der Waals surface area (Å²) in [4.78, 5) is 11.9. The van der Waals surface area contributed by atoms with Crippen LogP contribution in [-0.4, -0.2) is 22.2 Å². The number of azo groups is 1. The number of hydrogen-bond donors (Lipinski definition) is 1. The minimum atomic E-state index is -0.568. The summed E-state index contributed by atoms with van der Waals surface area (Å²) >= 11 is 9.31. The molecule has 25 heavy (non-hydrogen) atoms. The maximum absolute atomic E-state index is 11.9. The number of carbonyl (C=O) groups is 1. The first-order valence-electron chi connectivity index (χ1n) is 7.25. The van der Waals surface area contributed by atoms with Gasteiger partial charge in [-0.2, -0.15) is 0 Å². The van der Waals surface area contributed by atoms with Gasteiger partial charge >= 0.3 is 5.91 Å². The Morgan fingerprint density at radius 2 is 2.00 bits per heavy atom. The van der Waals surface area contributed by atoms with E-state index in [4.69, 9.17) is 16.3 Å². The fraction of sp³-hybridized carbons (Fsp3) is 0.118. The lowest BCUT2D eigenvalue weighted by molar-refractivity contribution is -0.120. The van der Waals surface area contributed by atoms with Crippen molar-refractivity contribution in [2.45, 2.75) is 0 Å². The van der Waals surface area contributed by atoms with Gasteiger partial charge in [-0.15, -0.1) is 10.2 Å². The molecule has 0 fully saturated rings. The highest BCUT2D eigenvalue weighted by atomic mass is 79.9. The lowest BCUT2D eigenvalue weighted by Crippen LogP contribution is -2.07. The molecule has 0 unspecified atom stereocenters. The summed E-state index contributed by atoms with van der Waals surface area (Å²) in [5.74, 6) is -0.115. The standard InChI is InChI=1S/C17H13BrClN3O3/c1-22-14-7-4-11(19)8-13(14)16(17(22)24)21-20-15(23)9-25-12-5-2-10(18)3-6-12/h2-8,24H,9H2,1H3. The van der Waals surface area contributed by atoms with Gasteiger partial charge in [0.25, 0.3) is 0 Å². The van der Waals surface area contributed by atoms with Gasteiger partial charge in [0.2, 0.25) is 5.88 Å². The monoisotopic (exact) mass is 421 g/mol. The van der Waals surface area contributed by atoms with Crippen LogP contribution in [0.15, 0.2) is 57.2 Å². The second-order valence-corrected chi connectivity index (χ2v) is 6.58. The highest BCUT2D eigenvalue weighted by Gasteiger charge is 2.15. The number of aryl methyl sites for hydroxylation is 1. The Morgan fingerprint density at radius 1 is 1.28 bits per heavy atom. The predicted octanol–water partition coefficient (Wildman–Crippen LogP) is 4.99. The SMILES string of the molecule is Cn1c(O)c(N=NC(=O)COc2ccc(Br)cc2)c2cc(Cl)ccc21. The van der Waals surface area contributed by atoms with Gasteiger partial charge in [-0.05, 0) is 42.5 Å². The molecule has 2 aromatic carbocycles. The zero-order chi connectivity index (χ0) is 18.0. The summed E-state index contributed by atoms with van der Waals surface area (Å²) in [6.45, 7) is -0.253. The molecule has 1 N–H and O–H groups in total. The number of rotatable bonds is 4. The average molecular weight is 423 g/mol. The fourth-order valence-corrected chi connectivity index (χ4v) is 2.73. The summed E-state index contributed by atoms with van der Waals surface area (Å²) < 4.78 is 7.80. The van der Waals surface area contributed by atoms with Crippen LogP contribution < -0.4 is 4.74 Å². The zero-order valence-electron chi connectivity index (χ0n) is 13.1. The van der Waals surface area contributed by atoms with E-state index >= 15 is 0 Å². The molecule has 0 bridgehead atoms. The largest absolute Gasteiger partial charge is 0.493 e. The first-order valence-corrected chi connectivity index (χ1v) is 8.42. The predicted molar refractivity (Wildman–Crippen MR) is 98.8 cm³/mol. The van der Waals surface area contributed by atoms with Crippen molar-refractivity contribution < 1.29 is 14.6 Å². The van der Waals surface area contributed by atoms with Gasteiger partial charge in [-0.25, -0.2) is 0 Å². The van der Waals surface area contributed by atoms with Gasteiger partial charge in [0.05, 0.1) is 5.52 Å². The van der Waals surface area contributed by atoms with Gasteiger partial charge in [0, 0.05) is 21.9 Å². The van der Waals surface area contributed by atoms with Crippen LogP contribution in [0.5, 0.6) is 11.6 Å². The number of amides is 1. The molecular formula is C17H13BrClN3O3. The molecule has 0 spiro atoms. The molecule has 3 aromatic rings. The van der Waals surface area contributed by atoms with E-state index in [0.717, 1.165) is 9.99 Å². The Balaban J connectivity index is 1.76. The first-order chi connectivity index (χ1) is 12.0. The van der Waals surface area contributed by atoms with Gasteiger partial charge in [-0.3, -0.25) is 4.79 Å². The Labute approximate surface area is 156 Å². The number of ether oxygens (including phenoxy) is 1. The minimum absolute atomic E-state index is 0.0948. The Hall–Kier alpha value is -2.38. The molecule has 0 radical (unpaired) electrons. The van der Waals surface area contributed by atoms with E-state index in [-0.39, 0.29) is 18.2 Å². The van der Waals surface area contributed by atoms with E-state index in [1.165, 1.54) is 0 Å². The molecule has 6 nitrogen and oxygen atoms in total. The molecule has 0 atom stereocenters. The van der Waals surface area contributed by atoms with Crippen LogP contribution in [0.4, 0.5) is 5.69 Å². The van der Waals surface area contributed by atoms with Gasteiger partial charge < -0.3 is 14.4 Å². The summed E-state index contributed by atoms with van der Waals surface area (Å²) in [5.41, 5.74) is 0.923. The van der Waals surface area contributed by atoms with Crippen LogP contribution in [0.3, 0.4) is 0 Å². The van der Waals surface area contributed by atoms with Crippen molar-refractivity contribution in [1.29, 1.82) is 0 Å². The number of nitrogens with zero attached hydrogens (tertiary/aromatic N) is 3. The van der Waals surface area contributed by atoms with E-state index in [2.05, 4.69) is 26.2 Å². The van der Waals surface area contributed by atoms with Crippen molar-refractivity contribution in [3.8, 4) is 11.6 Å². The number of aromatic nitrogens is 1. The Bertz CT molecular complexity index is 967. The molecule has 128 valence electrons. The lowest BCUT2D eigenvalue weighted by Gasteiger charge is -2.02. The van der Waals surface area contributed by atoms with Crippen molar-refractivity contribution in [1.82, 2.24) is 4.57 Å². The second-order valence-electron chi connectivity index (χ2n) is 5.23. The third-order valence-electron chi connectivity index (χ3n) is 3.54. The normalized spacial score (nSPS) is 11.3. The Kier molecular flexibility index (Phi) is 5.06. The highest BCUT2D eigenvalue weighted by Crippen LogP contribution is 2.39. The lowest BCUT2D eigenvalue weighted by atomic mass is 10.2. The highest BCUT2D eigenvalue weighted by molar-refractivity contribution is 9.10. The third-order valence-corrected chi connectivity index (χ3v) is 4.31. The number of hydrogen-bond acceptors (Lipinski definition) is 4. The Morgan fingerprint density at radius 3 is 2.72 bits per heavy atom. The number of benzene rings is 2. The first kappa shape index (κ1) is 17.4. The van der Waals surface area contributed by atoms with Crippen LogP contribution in [-0.2, 0) is 11.8 Å². The zero-order valence-corrected chi connectivity index (χ0v) is 15.5. The van der Waals surface area contributed by atoms with E-state index in [1.54, 1.807) is 54.1 Å². The van der Waals surface area contributed by atoms with Crippen LogP contribution in [0.2, 0.25) is 5.02 Å². The maximum Gasteiger partial charge on any atom is 0.302 e. The van der Waals surface area contributed by atoms with Crippen LogP contribution in [0.25, 0.3) is 10.9 Å². The molecule has 0 saturated carbocycles. The molecule has 1 heterocycles. The molecule has 8 heteroatoms. The molecule has 1 aromatic heterocycles. The van der Waals surface area contributed by atoms with E-state index in [0.29, 0.717) is 16.2 Å². The van der Waals surface area contributed by atoms with Crippen molar-refractivity contribution >= 4 is 50.0 Å². The number of halogens is 2. The van der Waals surface area contributed by atoms with Gasteiger partial charge in [0.15, 0.2) is 12.3 Å². The number of fused-ring (bicyclic) bond motifs is 1. The number of aromatic hydroxyl groups is 1. The molecule has 3 rings (SSSR count). The van der Waals surface area contributed by atoms with Gasteiger partial charge in [-0.1, -0.05) is 27.5 Å². The van der Waals surface area contributed by atoms with Crippen molar-refractivity contribution in [3.05, 3.63) is 52.0 Å². The van der Waals surface area contributed by atoms with Gasteiger partial charge in [0.1, 0.15) is 5.75 Å². The third kappa shape index (κ3) is 3.83. The van der Waals surface area contributed by atoms with Crippen LogP contribution in [0, 0.1) is 0 Å². The minimum Gasteiger partial charge on any atom is -0.493 e. The van der Waals surface area contributed by atoms with Crippen molar-refractivity contribution in [3.63, 3.8) is 0 Å². The molecule has 0 aliphatic rings. The molecular weight excluding hydrogens is 410 g/mol. The van der Waals surface area contributed by atoms with E-state index < -0.39 is 5.91 Å². The summed E-state index contributed by atoms with van der Waals surface area (Å²) in [6.07, 6.45) is 0. The molecule has 1 amide bonds. The van der Waals surface area contributed by atoms with E-state index in [1.807, 2.05) is 0 Å². The second kappa shape index (κ2) is 7.25. The number of carbonyl (C=O) groups excluding carboxylic acids is 1. The van der Waals surface area contributed by atoms with E-state index in [9.17, 15) is 9.90 Å². The maximum atomic E-state index is 11.9. The van der Waals surface area contributed by atoms with Crippen molar-refractivity contribution in [2.75, 3.05) is 6.61 Å². The molecule has 0 aliphatic heterocycles. The molecule has 0 saturated heterocycles. The molecule has 0 aliphatic carbocycles. The van der Waals surface area contributed by atoms with Crippen LogP contribution >= 0.6 is 27.5 Å². The van der Waals surface area contributed by atoms with Crippen molar-refractivity contribution in [2.24, 2.45) is 17.3 Å². The fourth-order valence-electron chi connectivity index (χ4n) is 2.29.